The highest BCUT2D eigenvalue weighted by molar-refractivity contribution is 5.73. The van der Waals surface area contributed by atoms with E-state index >= 15 is 0 Å². The second kappa shape index (κ2) is 6.55. The van der Waals surface area contributed by atoms with Crippen LogP contribution in [-0.2, 0) is 4.79 Å². The molecule has 1 aromatic rings. The first-order valence-corrected chi connectivity index (χ1v) is 6.51. The van der Waals surface area contributed by atoms with Gasteiger partial charge in [-0.25, -0.2) is 0 Å². The molecule has 0 aliphatic heterocycles. The van der Waals surface area contributed by atoms with E-state index in [1.165, 1.54) is 22.3 Å². The van der Waals surface area contributed by atoms with Gasteiger partial charge in [0.25, 0.3) is 0 Å². The van der Waals surface area contributed by atoms with E-state index < -0.39 is 0 Å². The average Bonchev–Trinajstić information content (AvgIpc) is 2.28. The molecule has 3 nitrogen and oxygen atoms in total. The minimum Gasteiger partial charge on any atom is -0.370 e. The molecule has 1 amide bonds. The Balaban J connectivity index is 2.58. The summed E-state index contributed by atoms with van der Waals surface area (Å²) in [7, 11) is 0. The van der Waals surface area contributed by atoms with Gasteiger partial charge in [0.1, 0.15) is 0 Å². The highest BCUT2D eigenvalue weighted by atomic mass is 16.1. The van der Waals surface area contributed by atoms with Gasteiger partial charge in [-0.3, -0.25) is 4.79 Å². The van der Waals surface area contributed by atoms with Crippen LogP contribution in [0.1, 0.15) is 48.1 Å². The zero-order valence-electron chi connectivity index (χ0n) is 11.8. The Labute approximate surface area is 110 Å². The van der Waals surface area contributed by atoms with Crippen LogP contribution in [0.3, 0.4) is 0 Å². The van der Waals surface area contributed by atoms with Crippen molar-refractivity contribution >= 4 is 5.91 Å². The van der Waals surface area contributed by atoms with Crippen LogP contribution in [0.15, 0.2) is 12.1 Å². The van der Waals surface area contributed by atoms with Crippen molar-refractivity contribution < 1.29 is 4.79 Å². The summed E-state index contributed by atoms with van der Waals surface area (Å²) in [6.07, 6.45) is 1.25. The average molecular weight is 248 g/mol. The van der Waals surface area contributed by atoms with Crippen LogP contribution >= 0.6 is 0 Å². The predicted octanol–water partition coefficient (Wildman–Crippen LogP) is 2.53. The molecule has 3 N–H and O–H groups in total. The summed E-state index contributed by atoms with van der Waals surface area (Å²) >= 11 is 0. The summed E-state index contributed by atoms with van der Waals surface area (Å²) in [4.78, 5) is 10.6. The lowest BCUT2D eigenvalue weighted by atomic mass is 9.96. The molecule has 0 radical (unpaired) electrons. The second-order valence-corrected chi connectivity index (χ2v) is 5.04. The number of aryl methyl sites for hydroxylation is 3. The van der Waals surface area contributed by atoms with Gasteiger partial charge in [-0.15, -0.1) is 0 Å². The van der Waals surface area contributed by atoms with Crippen molar-refractivity contribution in [2.45, 2.75) is 46.6 Å². The minimum atomic E-state index is -0.230. The maximum atomic E-state index is 10.6. The molecule has 1 atom stereocenters. The van der Waals surface area contributed by atoms with E-state index in [1.807, 2.05) is 0 Å². The van der Waals surface area contributed by atoms with Crippen LogP contribution < -0.4 is 11.1 Å². The molecule has 1 unspecified atom stereocenters. The molecular weight excluding hydrogens is 224 g/mol. The zero-order chi connectivity index (χ0) is 13.7. The SMILES string of the molecule is Cc1cc(C)c(C(C)NCCCC(N)=O)cc1C. The fraction of sp³-hybridized carbons (Fsp3) is 0.533. The van der Waals surface area contributed by atoms with Crippen LogP contribution in [0.4, 0.5) is 0 Å². The number of amides is 1. The number of carbonyl (C=O) groups excluding carboxylic acids is 1. The van der Waals surface area contributed by atoms with Gasteiger partial charge in [-0.2, -0.15) is 0 Å². The predicted molar refractivity (Wildman–Crippen MR) is 75.5 cm³/mol. The number of rotatable bonds is 6. The van der Waals surface area contributed by atoms with E-state index in [9.17, 15) is 4.79 Å². The fourth-order valence-electron chi connectivity index (χ4n) is 2.14. The number of nitrogens with two attached hydrogens (primary N) is 1. The lowest BCUT2D eigenvalue weighted by molar-refractivity contribution is -0.118. The quantitative estimate of drug-likeness (QED) is 0.760. The van der Waals surface area contributed by atoms with E-state index in [2.05, 4.69) is 45.1 Å². The van der Waals surface area contributed by atoms with E-state index in [1.54, 1.807) is 0 Å². The molecule has 0 saturated heterocycles. The number of benzene rings is 1. The van der Waals surface area contributed by atoms with Gasteiger partial charge in [0, 0.05) is 12.5 Å². The molecular formula is C15H24N2O. The van der Waals surface area contributed by atoms with Crippen LogP contribution in [-0.4, -0.2) is 12.5 Å². The van der Waals surface area contributed by atoms with Crippen molar-refractivity contribution in [2.24, 2.45) is 5.73 Å². The summed E-state index contributed by atoms with van der Waals surface area (Å²) in [5, 5.41) is 3.43. The Morgan fingerprint density at radius 1 is 1.22 bits per heavy atom. The van der Waals surface area contributed by atoms with Crippen molar-refractivity contribution in [3.05, 3.63) is 34.4 Å². The second-order valence-electron chi connectivity index (χ2n) is 5.04. The lowest BCUT2D eigenvalue weighted by Gasteiger charge is -2.18. The number of hydrogen-bond acceptors (Lipinski definition) is 2. The highest BCUT2D eigenvalue weighted by Crippen LogP contribution is 2.21. The number of nitrogens with one attached hydrogen (secondary N) is 1. The van der Waals surface area contributed by atoms with Crippen molar-refractivity contribution in [1.29, 1.82) is 0 Å². The van der Waals surface area contributed by atoms with Crippen molar-refractivity contribution in [1.82, 2.24) is 5.32 Å². The van der Waals surface area contributed by atoms with E-state index in [4.69, 9.17) is 5.73 Å². The maximum absolute atomic E-state index is 10.6. The van der Waals surface area contributed by atoms with Crippen molar-refractivity contribution in [2.75, 3.05) is 6.54 Å². The molecule has 0 heterocycles. The highest BCUT2D eigenvalue weighted by Gasteiger charge is 2.09. The van der Waals surface area contributed by atoms with Gasteiger partial charge in [-0.05, 0) is 62.9 Å². The Morgan fingerprint density at radius 2 is 1.83 bits per heavy atom. The van der Waals surface area contributed by atoms with Gasteiger partial charge >= 0.3 is 0 Å². The molecule has 0 fully saturated rings. The summed E-state index contributed by atoms with van der Waals surface area (Å²) < 4.78 is 0. The van der Waals surface area contributed by atoms with Crippen LogP contribution in [0.25, 0.3) is 0 Å². The minimum absolute atomic E-state index is 0.230. The Morgan fingerprint density at radius 3 is 2.44 bits per heavy atom. The molecule has 100 valence electrons. The Bertz CT molecular complexity index is 427. The summed E-state index contributed by atoms with van der Waals surface area (Å²) in [6, 6.07) is 4.78. The number of carbonyl (C=O) groups is 1. The molecule has 0 aliphatic rings. The fourth-order valence-corrected chi connectivity index (χ4v) is 2.14. The normalized spacial score (nSPS) is 12.4. The smallest absolute Gasteiger partial charge is 0.217 e. The molecule has 0 saturated carbocycles. The first kappa shape index (κ1) is 14.7. The van der Waals surface area contributed by atoms with Crippen LogP contribution in [0.5, 0.6) is 0 Å². The molecule has 18 heavy (non-hydrogen) atoms. The topological polar surface area (TPSA) is 55.1 Å². The summed E-state index contributed by atoms with van der Waals surface area (Å²) in [5.41, 5.74) is 10.4. The molecule has 0 aromatic heterocycles. The third-order valence-electron chi connectivity index (χ3n) is 3.40. The van der Waals surface area contributed by atoms with E-state index in [-0.39, 0.29) is 5.91 Å². The standard InChI is InChI=1S/C15H24N2O/c1-10-8-12(3)14(9-11(10)2)13(4)17-7-5-6-15(16)18/h8-9,13,17H,5-7H2,1-4H3,(H2,16,18). The van der Waals surface area contributed by atoms with Crippen molar-refractivity contribution in [3.63, 3.8) is 0 Å². The van der Waals surface area contributed by atoms with Crippen LogP contribution in [0, 0.1) is 20.8 Å². The molecule has 1 aromatic carbocycles. The zero-order valence-corrected chi connectivity index (χ0v) is 11.8. The van der Waals surface area contributed by atoms with Crippen molar-refractivity contribution in [3.8, 4) is 0 Å². The first-order valence-electron chi connectivity index (χ1n) is 6.51. The van der Waals surface area contributed by atoms with Gasteiger partial charge < -0.3 is 11.1 Å². The molecule has 1 rings (SSSR count). The third-order valence-corrected chi connectivity index (χ3v) is 3.40. The van der Waals surface area contributed by atoms with E-state index in [0.717, 1.165) is 13.0 Å². The third kappa shape index (κ3) is 4.15. The summed E-state index contributed by atoms with van der Waals surface area (Å²) in [6.45, 7) is 9.39. The lowest BCUT2D eigenvalue weighted by Crippen LogP contribution is -2.22. The van der Waals surface area contributed by atoms with Crippen LogP contribution in [0.2, 0.25) is 0 Å². The maximum Gasteiger partial charge on any atom is 0.217 e. The first-order chi connectivity index (χ1) is 8.41. The van der Waals surface area contributed by atoms with Gasteiger partial charge in [-0.1, -0.05) is 12.1 Å². The Kier molecular flexibility index (Phi) is 5.35. The Hall–Kier alpha value is -1.35. The van der Waals surface area contributed by atoms with E-state index in [0.29, 0.717) is 12.5 Å². The monoisotopic (exact) mass is 248 g/mol. The molecule has 3 heteroatoms. The largest absolute Gasteiger partial charge is 0.370 e. The van der Waals surface area contributed by atoms with Gasteiger partial charge in [0.05, 0.1) is 0 Å². The molecule has 0 bridgehead atoms. The molecule has 0 aliphatic carbocycles. The summed E-state index contributed by atoms with van der Waals surface area (Å²) in [5.74, 6) is -0.230. The molecule has 0 spiro atoms. The van der Waals surface area contributed by atoms with Gasteiger partial charge in [0.15, 0.2) is 0 Å². The van der Waals surface area contributed by atoms with Gasteiger partial charge in [0.2, 0.25) is 5.91 Å². The number of hydrogen-bond donors (Lipinski definition) is 2. The number of primary amides is 1.